The predicted molar refractivity (Wildman–Crippen MR) is 79.3 cm³/mol. The maximum Gasteiger partial charge on any atom is 0.0302 e. The maximum absolute atomic E-state index is 5.76. The monoisotopic (exact) mass is 248 g/mol. The van der Waals surface area contributed by atoms with E-state index in [4.69, 9.17) is 5.84 Å². The molecule has 102 valence electrons. The lowest BCUT2D eigenvalue weighted by atomic mass is 9.76. The highest BCUT2D eigenvalue weighted by Crippen LogP contribution is 2.29. The van der Waals surface area contributed by atoms with Gasteiger partial charge in [-0.25, -0.2) is 0 Å². The lowest BCUT2D eigenvalue weighted by Crippen LogP contribution is -2.48. The largest absolute Gasteiger partial charge is 0.271 e. The number of hydrazine groups is 1. The third-order valence-corrected chi connectivity index (χ3v) is 3.94. The Labute approximate surface area is 112 Å². The maximum atomic E-state index is 5.76. The van der Waals surface area contributed by atoms with Gasteiger partial charge in [0.25, 0.3) is 0 Å². The van der Waals surface area contributed by atoms with E-state index < -0.39 is 0 Å². The van der Waals surface area contributed by atoms with Gasteiger partial charge in [0.15, 0.2) is 0 Å². The molecule has 0 saturated heterocycles. The normalized spacial score (nSPS) is 13.6. The number of hydrogen-bond donors (Lipinski definition) is 2. The minimum Gasteiger partial charge on any atom is -0.271 e. The minimum atomic E-state index is 0.0717. The summed E-state index contributed by atoms with van der Waals surface area (Å²) in [5.74, 6) is 5.76. The van der Waals surface area contributed by atoms with E-state index in [-0.39, 0.29) is 5.41 Å². The standard InChI is InChI=1S/C16H28N2/c1-4-5-6-10-13-15(18-17)16(2,3)14-11-8-7-9-12-14/h7-9,11-12,15,18H,4-6,10,13,17H2,1-3H3. The van der Waals surface area contributed by atoms with Crippen molar-refractivity contribution in [3.05, 3.63) is 35.9 Å². The van der Waals surface area contributed by atoms with Gasteiger partial charge < -0.3 is 0 Å². The van der Waals surface area contributed by atoms with Crippen molar-refractivity contribution in [2.75, 3.05) is 0 Å². The van der Waals surface area contributed by atoms with Gasteiger partial charge in [0.1, 0.15) is 0 Å². The van der Waals surface area contributed by atoms with Crippen molar-refractivity contribution < 1.29 is 0 Å². The Balaban J connectivity index is 2.62. The van der Waals surface area contributed by atoms with E-state index in [0.29, 0.717) is 6.04 Å². The van der Waals surface area contributed by atoms with Crippen LogP contribution in [-0.4, -0.2) is 6.04 Å². The van der Waals surface area contributed by atoms with Crippen LogP contribution in [0.15, 0.2) is 30.3 Å². The molecule has 0 aromatic heterocycles. The average Bonchev–Trinajstić information content (AvgIpc) is 2.39. The average molecular weight is 248 g/mol. The Morgan fingerprint density at radius 3 is 2.33 bits per heavy atom. The molecule has 2 nitrogen and oxygen atoms in total. The number of nitrogens with one attached hydrogen (secondary N) is 1. The van der Waals surface area contributed by atoms with Crippen LogP contribution in [0, 0.1) is 0 Å². The van der Waals surface area contributed by atoms with Crippen LogP contribution < -0.4 is 11.3 Å². The number of hydrogen-bond acceptors (Lipinski definition) is 2. The molecule has 1 unspecified atom stereocenters. The van der Waals surface area contributed by atoms with Crippen LogP contribution in [0.3, 0.4) is 0 Å². The third kappa shape index (κ3) is 4.11. The first kappa shape index (κ1) is 15.2. The van der Waals surface area contributed by atoms with Crippen LogP contribution in [-0.2, 0) is 5.41 Å². The van der Waals surface area contributed by atoms with Crippen molar-refractivity contribution in [1.29, 1.82) is 0 Å². The van der Waals surface area contributed by atoms with Crippen LogP contribution >= 0.6 is 0 Å². The predicted octanol–water partition coefficient (Wildman–Crippen LogP) is 3.77. The van der Waals surface area contributed by atoms with E-state index in [1.807, 2.05) is 0 Å². The van der Waals surface area contributed by atoms with Gasteiger partial charge in [-0.3, -0.25) is 11.3 Å². The quantitative estimate of drug-likeness (QED) is 0.417. The minimum absolute atomic E-state index is 0.0717. The van der Waals surface area contributed by atoms with Crippen molar-refractivity contribution >= 4 is 0 Å². The third-order valence-electron chi connectivity index (χ3n) is 3.94. The fourth-order valence-corrected chi connectivity index (χ4v) is 2.50. The lowest BCUT2D eigenvalue weighted by Gasteiger charge is -2.34. The van der Waals surface area contributed by atoms with Crippen LogP contribution in [0.1, 0.15) is 58.4 Å². The van der Waals surface area contributed by atoms with Crippen LogP contribution in [0.5, 0.6) is 0 Å². The lowest BCUT2D eigenvalue weighted by molar-refractivity contribution is 0.317. The van der Waals surface area contributed by atoms with Gasteiger partial charge in [0, 0.05) is 11.5 Å². The topological polar surface area (TPSA) is 38.0 Å². The number of nitrogens with two attached hydrogens (primary N) is 1. The first-order valence-corrected chi connectivity index (χ1v) is 7.14. The molecule has 0 aliphatic rings. The number of benzene rings is 1. The summed E-state index contributed by atoms with van der Waals surface area (Å²) in [4.78, 5) is 0. The fourth-order valence-electron chi connectivity index (χ4n) is 2.50. The molecule has 0 saturated carbocycles. The van der Waals surface area contributed by atoms with Crippen molar-refractivity contribution in [2.45, 2.75) is 64.3 Å². The molecule has 1 rings (SSSR count). The molecule has 0 radical (unpaired) electrons. The molecule has 0 aliphatic heterocycles. The summed E-state index contributed by atoms with van der Waals surface area (Å²) in [5, 5.41) is 0. The zero-order valence-electron chi connectivity index (χ0n) is 12.1. The molecular weight excluding hydrogens is 220 g/mol. The molecule has 2 heteroatoms. The summed E-state index contributed by atoms with van der Waals surface area (Å²) in [6, 6.07) is 11.0. The number of unbranched alkanes of at least 4 members (excludes halogenated alkanes) is 3. The van der Waals surface area contributed by atoms with Gasteiger partial charge in [-0.05, 0) is 12.0 Å². The van der Waals surface area contributed by atoms with E-state index in [1.54, 1.807) is 0 Å². The van der Waals surface area contributed by atoms with E-state index in [2.05, 4.69) is 56.5 Å². The molecule has 0 spiro atoms. The Morgan fingerprint density at radius 1 is 1.11 bits per heavy atom. The molecule has 1 atom stereocenters. The van der Waals surface area contributed by atoms with E-state index in [0.717, 1.165) is 6.42 Å². The second-order valence-corrected chi connectivity index (χ2v) is 5.66. The first-order chi connectivity index (χ1) is 8.62. The molecule has 1 aromatic rings. The highest BCUT2D eigenvalue weighted by Gasteiger charge is 2.29. The Kier molecular flexibility index (Phi) is 6.37. The molecule has 0 bridgehead atoms. The molecule has 18 heavy (non-hydrogen) atoms. The summed E-state index contributed by atoms with van der Waals surface area (Å²) >= 11 is 0. The van der Waals surface area contributed by atoms with Crippen molar-refractivity contribution in [2.24, 2.45) is 5.84 Å². The SMILES string of the molecule is CCCCCCC(NN)C(C)(C)c1ccccc1. The van der Waals surface area contributed by atoms with E-state index in [9.17, 15) is 0 Å². The Bertz CT molecular complexity index is 319. The number of rotatable bonds is 8. The van der Waals surface area contributed by atoms with E-state index >= 15 is 0 Å². The second-order valence-electron chi connectivity index (χ2n) is 5.66. The first-order valence-electron chi connectivity index (χ1n) is 7.14. The van der Waals surface area contributed by atoms with Gasteiger partial charge in [-0.15, -0.1) is 0 Å². The zero-order valence-corrected chi connectivity index (χ0v) is 12.1. The van der Waals surface area contributed by atoms with Gasteiger partial charge >= 0.3 is 0 Å². The van der Waals surface area contributed by atoms with Gasteiger partial charge in [0.05, 0.1) is 0 Å². The summed E-state index contributed by atoms with van der Waals surface area (Å²) in [6.07, 6.45) is 6.29. The van der Waals surface area contributed by atoms with Crippen LogP contribution in [0.25, 0.3) is 0 Å². The highest BCUT2D eigenvalue weighted by molar-refractivity contribution is 5.25. The van der Waals surface area contributed by atoms with Crippen LogP contribution in [0.4, 0.5) is 0 Å². The molecule has 0 aliphatic carbocycles. The molecule has 0 heterocycles. The molecular formula is C16H28N2. The van der Waals surface area contributed by atoms with Gasteiger partial charge in [-0.1, -0.05) is 76.8 Å². The molecule has 0 amide bonds. The molecule has 0 fully saturated rings. The fraction of sp³-hybridized carbons (Fsp3) is 0.625. The summed E-state index contributed by atoms with van der Waals surface area (Å²) in [7, 11) is 0. The molecule has 3 N–H and O–H groups in total. The summed E-state index contributed by atoms with van der Waals surface area (Å²) in [5.41, 5.74) is 4.44. The smallest absolute Gasteiger partial charge is 0.0302 e. The van der Waals surface area contributed by atoms with Crippen LogP contribution in [0.2, 0.25) is 0 Å². The summed E-state index contributed by atoms with van der Waals surface area (Å²) < 4.78 is 0. The molecule has 1 aromatic carbocycles. The summed E-state index contributed by atoms with van der Waals surface area (Å²) in [6.45, 7) is 6.78. The highest BCUT2D eigenvalue weighted by atomic mass is 15.2. The van der Waals surface area contributed by atoms with Crippen molar-refractivity contribution in [3.8, 4) is 0 Å². The van der Waals surface area contributed by atoms with Crippen molar-refractivity contribution in [3.63, 3.8) is 0 Å². The Hall–Kier alpha value is -0.860. The van der Waals surface area contributed by atoms with E-state index in [1.165, 1.54) is 31.2 Å². The zero-order chi connectivity index (χ0) is 13.4. The van der Waals surface area contributed by atoms with Crippen molar-refractivity contribution in [1.82, 2.24) is 5.43 Å². The van der Waals surface area contributed by atoms with Gasteiger partial charge in [-0.2, -0.15) is 0 Å². The van der Waals surface area contributed by atoms with Gasteiger partial charge in [0.2, 0.25) is 0 Å². The second kappa shape index (κ2) is 7.55. The Morgan fingerprint density at radius 2 is 1.78 bits per heavy atom.